The number of halogens is 3. The van der Waals surface area contributed by atoms with Gasteiger partial charge in [0.25, 0.3) is 0 Å². The maximum atomic E-state index is 12.7. The van der Waals surface area contributed by atoms with Gasteiger partial charge in [-0.25, -0.2) is 4.68 Å². The van der Waals surface area contributed by atoms with E-state index >= 15 is 0 Å². The summed E-state index contributed by atoms with van der Waals surface area (Å²) in [7, 11) is 1.49. The summed E-state index contributed by atoms with van der Waals surface area (Å²) < 4.78 is 39.3. The third-order valence-electron chi connectivity index (χ3n) is 2.43. The summed E-state index contributed by atoms with van der Waals surface area (Å²) in [6.45, 7) is 0. The number of para-hydroxylation sites is 1. The molecule has 0 unspecified atom stereocenters. The predicted molar refractivity (Wildman–Crippen MR) is 62.5 cm³/mol. The second kappa shape index (κ2) is 4.25. The molecule has 0 radical (unpaired) electrons. The van der Waals surface area contributed by atoms with E-state index in [1.54, 1.807) is 30.3 Å². The first-order valence-electron chi connectivity index (χ1n) is 5.14. The lowest BCUT2D eigenvalue weighted by molar-refractivity contribution is -0.140. The lowest BCUT2D eigenvalue weighted by Gasteiger charge is -2.06. The van der Waals surface area contributed by atoms with Crippen LogP contribution in [-0.2, 0) is 6.18 Å². The number of benzene rings is 1. The summed E-state index contributed by atoms with van der Waals surface area (Å²) >= 11 is 0. The number of nitrogens with zero attached hydrogens (tertiary/aromatic N) is 2. The molecule has 4 nitrogen and oxygen atoms in total. The maximum absolute atomic E-state index is 12.7. The Kier molecular flexibility index (Phi) is 2.90. The predicted octanol–water partition coefficient (Wildman–Crippen LogP) is 2.52. The molecule has 96 valence electrons. The molecule has 0 aliphatic rings. The van der Waals surface area contributed by atoms with Crippen LogP contribution in [0.3, 0.4) is 0 Å². The average Bonchev–Trinajstić information content (AvgIpc) is 2.67. The van der Waals surface area contributed by atoms with Crippen molar-refractivity contribution < 1.29 is 13.2 Å². The molecule has 2 rings (SSSR count). The van der Waals surface area contributed by atoms with E-state index < -0.39 is 17.6 Å². The number of nitrogen functional groups attached to an aromatic ring is 1. The topological polar surface area (TPSA) is 55.9 Å². The first kappa shape index (κ1) is 12.3. The van der Waals surface area contributed by atoms with E-state index in [0.717, 1.165) is 4.68 Å². The van der Waals surface area contributed by atoms with Crippen LogP contribution in [0.15, 0.2) is 30.3 Å². The number of anilines is 2. The summed E-state index contributed by atoms with van der Waals surface area (Å²) in [6, 6.07) is 8.47. The van der Waals surface area contributed by atoms with Gasteiger partial charge in [0.15, 0.2) is 11.5 Å². The van der Waals surface area contributed by atoms with Crippen molar-refractivity contribution in [3.63, 3.8) is 0 Å². The van der Waals surface area contributed by atoms with Gasteiger partial charge in [0, 0.05) is 7.05 Å². The molecule has 7 heteroatoms. The number of hydrogen-bond donors (Lipinski definition) is 2. The van der Waals surface area contributed by atoms with E-state index in [2.05, 4.69) is 10.4 Å². The monoisotopic (exact) mass is 256 g/mol. The van der Waals surface area contributed by atoms with Crippen molar-refractivity contribution >= 4 is 11.5 Å². The van der Waals surface area contributed by atoms with Crippen molar-refractivity contribution in [2.24, 2.45) is 0 Å². The van der Waals surface area contributed by atoms with Crippen LogP contribution in [0.2, 0.25) is 0 Å². The molecule has 0 fully saturated rings. The fourth-order valence-electron chi connectivity index (χ4n) is 1.64. The highest BCUT2D eigenvalue weighted by Crippen LogP contribution is 2.37. The standard InChI is InChI=1S/C11H11F3N4/c1-16-10-8(15)9(11(12,13)14)17-18(10)7-5-3-2-4-6-7/h2-6,16H,15H2,1H3. The van der Waals surface area contributed by atoms with Gasteiger partial charge in [-0.05, 0) is 12.1 Å². The molecule has 0 aliphatic heterocycles. The van der Waals surface area contributed by atoms with Gasteiger partial charge in [0.1, 0.15) is 5.69 Å². The van der Waals surface area contributed by atoms with Crippen LogP contribution in [0.25, 0.3) is 5.69 Å². The lowest BCUT2D eigenvalue weighted by atomic mass is 10.3. The van der Waals surface area contributed by atoms with Gasteiger partial charge in [-0.1, -0.05) is 18.2 Å². The Morgan fingerprint density at radius 2 is 1.83 bits per heavy atom. The van der Waals surface area contributed by atoms with Gasteiger partial charge in [-0.3, -0.25) is 0 Å². The van der Waals surface area contributed by atoms with Gasteiger partial charge in [0.05, 0.1) is 5.69 Å². The van der Waals surface area contributed by atoms with Gasteiger partial charge >= 0.3 is 6.18 Å². The highest BCUT2D eigenvalue weighted by molar-refractivity contribution is 5.68. The average molecular weight is 256 g/mol. The van der Waals surface area contributed by atoms with Gasteiger partial charge in [0.2, 0.25) is 0 Å². The molecular weight excluding hydrogens is 245 g/mol. The zero-order valence-electron chi connectivity index (χ0n) is 9.49. The molecule has 0 saturated heterocycles. The Morgan fingerprint density at radius 1 is 1.22 bits per heavy atom. The fraction of sp³-hybridized carbons (Fsp3) is 0.182. The molecule has 1 aromatic carbocycles. The van der Waals surface area contributed by atoms with Gasteiger partial charge in [-0.15, -0.1) is 0 Å². The minimum absolute atomic E-state index is 0.119. The first-order valence-corrected chi connectivity index (χ1v) is 5.14. The largest absolute Gasteiger partial charge is 0.437 e. The van der Waals surface area contributed by atoms with Crippen molar-refractivity contribution in [3.05, 3.63) is 36.0 Å². The number of rotatable bonds is 2. The quantitative estimate of drug-likeness (QED) is 0.868. The SMILES string of the molecule is CNc1c(N)c(C(F)(F)F)nn1-c1ccccc1. The van der Waals surface area contributed by atoms with Crippen LogP contribution in [0.4, 0.5) is 24.7 Å². The Labute approximate surface area is 101 Å². The Hall–Kier alpha value is -2.18. The van der Waals surface area contributed by atoms with Crippen LogP contribution < -0.4 is 11.1 Å². The second-order valence-electron chi connectivity index (χ2n) is 3.61. The number of hydrogen-bond acceptors (Lipinski definition) is 3. The molecule has 0 spiro atoms. The third-order valence-corrected chi connectivity index (χ3v) is 2.43. The van der Waals surface area contributed by atoms with Crippen molar-refractivity contribution in [2.75, 3.05) is 18.1 Å². The minimum atomic E-state index is -4.57. The molecule has 2 aromatic rings. The molecule has 3 N–H and O–H groups in total. The Bertz CT molecular complexity index is 545. The first-order chi connectivity index (χ1) is 8.45. The molecule has 0 aliphatic carbocycles. The highest BCUT2D eigenvalue weighted by Gasteiger charge is 2.38. The third kappa shape index (κ3) is 1.99. The summed E-state index contributed by atoms with van der Waals surface area (Å²) in [5.41, 5.74) is 4.48. The second-order valence-corrected chi connectivity index (χ2v) is 3.61. The number of alkyl halides is 3. The molecular formula is C11H11F3N4. The zero-order valence-corrected chi connectivity index (χ0v) is 9.49. The normalized spacial score (nSPS) is 11.6. The number of aromatic nitrogens is 2. The summed E-state index contributed by atoms with van der Waals surface area (Å²) in [6.07, 6.45) is -4.57. The number of nitrogens with two attached hydrogens (primary N) is 1. The molecule has 1 aromatic heterocycles. The van der Waals surface area contributed by atoms with E-state index in [1.807, 2.05) is 0 Å². The molecule has 0 amide bonds. The van der Waals surface area contributed by atoms with Gasteiger partial charge < -0.3 is 11.1 Å². The van der Waals surface area contributed by atoms with E-state index in [0.29, 0.717) is 5.69 Å². The molecule has 18 heavy (non-hydrogen) atoms. The number of nitrogens with one attached hydrogen (secondary N) is 1. The van der Waals surface area contributed by atoms with E-state index in [9.17, 15) is 13.2 Å². The van der Waals surface area contributed by atoms with Crippen molar-refractivity contribution in [3.8, 4) is 5.69 Å². The van der Waals surface area contributed by atoms with Crippen molar-refractivity contribution in [2.45, 2.75) is 6.18 Å². The Morgan fingerprint density at radius 3 is 2.33 bits per heavy atom. The van der Waals surface area contributed by atoms with E-state index in [1.165, 1.54) is 7.05 Å². The van der Waals surface area contributed by atoms with Crippen molar-refractivity contribution in [1.29, 1.82) is 0 Å². The molecule has 0 bridgehead atoms. The fourth-order valence-corrected chi connectivity index (χ4v) is 1.64. The van der Waals surface area contributed by atoms with E-state index in [-0.39, 0.29) is 5.82 Å². The van der Waals surface area contributed by atoms with Crippen LogP contribution in [0, 0.1) is 0 Å². The lowest BCUT2D eigenvalue weighted by Crippen LogP contribution is -2.09. The summed E-state index contributed by atoms with van der Waals surface area (Å²) in [4.78, 5) is 0. The van der Waals surface area contributed by atoms with E-state index in [4.69, 9.17) is 5.73 Å². The molecule has 0 saturated carbocycles. The zero-order chi connectivity index (χ0) is 13.3. The van der Waals surface area contributed by atoms with Crippen LogP contribution in [-0.4, -0.2) is 16.8 Å². The smallest absolute Gasteiger partial charge is 0.394 e. The molecule has 1 heterocycles. The molecule has 0 atom stereocenters. The Balaban J connectivity index is 2.62. The maximum Gasteiger partial charge on any atom is 0.437 e. The van der Waals surface area contributed by atoms with Crippen LogP contribution in [0.5, 0.6) is 0 Å². The minimum Gasteiger partial charge on any atom is -0.394 e. The summed E-state index contributed by atoms with van der Waals surface area (Å²) in [5.74, 6) is 0.119. The van der Waals surface area contributed by atoms with Crippen LogP contribution >= 0.6 is 0 Å². The van der Waals surface area contributed by atoms with Gasteiger partial charge in [-0.2, -0.15) is 18.3 Å². The van der Waals surface area contributed by atoms with Crippen LogP contribution in [0.1, 0.15) is 5.69 Å². The van der Waals surface area contributed by atoms with Crippen molar-refractivity contribution in [1.82, 2.24) is 9.78 Å². The highest BCUT2D eigenvalue weighted by atomic mass is 19.4. The summed E-state index contributed by atoms with van der Waals surface area (Å²) in [5, 5.41) is 6.16.